The van der Waals surface area contributed by atoms with Gasteiger partial charge in [0.05, 0.1) is 0 Å². The minimum atomic E-state index is 0.741. The van der Waals surface area contributed by atoms with Gasteiger partial charge in [-0.1, -0.05) is 34.6 Å². The van der Waals surface area contributed by atoms with Gasteiger partial charge in [0.2, 0.25) is 0 Å². The van der Waals surface area contributed by atoms with E-state index in [1.807, 2.05) is 0 Å². The van der Waals surface area contributed by atoms with Gasteiger partial charge in [0.25, 0.3) is 0 Å². The van der Waals surface area contributed by atoms with E-state index in [-0.39, 0.29) is 0 Å². The molecule has 3 unspecified atom stereocenters. The summed E-state index contributed by atoms with van der Waals surface area (Å²) in [6.45, 7) is 13.0. The smallest absolute Gasteiger partial charge is 0.0118 e. The van der Waals surface area contributed by atoms with E-state index in [0.29, 0.717) is 0 Å². The van der Waals surface area contributed by atoms with Crippen molar-refractivity contribution in [3.05, 3.63) is 0 Å². The van der Waals surface area contributed by atoms with Crippen LogP contribution in [0.5, 0.6) is 0 Å². The van der Waals surface area contributed by atoms with Crippen molar-refractivity contribution in [3.63, 3.8) is 0 Å². The first-order valence-corrected chi connectivity index (χ1v) is 7.27. The summed E-state index contributed by atoms with van der Waals surface area (Å²) in [6.07, 6.45) is 5.56. The lowest BCUT2D eigenvalue weighted by Gasteiger charge is -2.39. The summed E-state index contributed by atoms with van der Waals surface area (Å²) in [5, 5.41) is 3.78. The molecule has 16 heavy (non-hydrogen) atoms. The van der Waals surface area contributed by atoms with Crippen LogP contribution in [0.4, 0.5) is 0 Å². The summed E-state index contributed by atoms with van der Waals surface area (Å²) in [6, 6.07) is 0.741. The van der Waals surface area contributed by atoms with Gasteiger partial charge >= 0.3 is 0 Å². The maximum atomic E-state index is 3.78. The van der Waals surface area contributed by atoms with Crippen molar-refractivity contribution < 1.29 is 0 Å². The van der Waals surface area contributed by atoms with Crippen molar-refractivity contribution in [2.75, 3.05) is 6.54 Å². The van der Waals surface area contributed by atoms with Gasteiger partial charge in [-0.2, -0.15) is 0 Å². The zero-order chi connectivity index (χ0) is 12.1. The average molecular weight is 225 g/mol. The highest BCUT2D eigenvalue weighted by Crippen LogP contribution is 2.36. The van der Waals surface area contributed by atoms with E-state index in [9.17, 15) is 0 Å². The fraction of sp³-hybridized carbons (Fsp3) is 1.00. The molecule has 0 spiro atoms. The lowest BCUT2D eigenvalue weighted by Crippen LogP contribution is -2.43. The first-order valence-electron chi connectivity index (χ1n) is 7.27. The topological polar surface area (TPSA) is 12.0 Å². The molecule has 1 N–H and O–H groups in total. The van der Waals surface area contributed by atoms with Gasteiger partial charge in [-0.3, -0.25) is 0 Å². The maximum absolute atomic E-state index is 3.78. The van der Waals surface area contributed by atoms with E-state index in [0.717, 1.165) is 29.7 Å². The van der Waals surface area contributed by atoms with E-state index in [1.165, 1.54) is 32.2 Å². The minimum absolute atomic E-state index is 0.741. The molecular formula is C15H31N. The number of rotatable bonds is 5. The van der Waals surface area contributed by atoms with Crippen LogP contribution in [0.1, 0.15) is 60.3 Å². The highest BCUT2D eigenvalue weighted by Gasteiger charge is 2.30. The third-order valence-corrected chi connectivity index (χ3v) is 4.07. The molecule has 1 nitrogen and oxygen atoms in total. The SMILES string of the molecule is CCCNC(C(C)C)C1CC(C)CC(C)C1. The van der Waals surface area contributed by atoms with Crippen molar-refractivity contribution in [1.82, 2.24) is 5.32 Å². The molecule has 0 amide bonds. The summed E-state index contributed by atoms with van der Waals surface area (Å²) in [5.74, 6) is 3.54. The molecule has 0 heterocycles. The lowest BCUT2D eigenvalue weighted by molar-refractivity contribution is 0.152. The molecule has 0 aromatic rings. The lowest BCUT2D eigenvalue weighted by atomic mass is 9.71. The molecule has 1 heteroatoms. The fourth-order valence-electron chi connectivity index (χ4n) is 3.56. The van der Waals surface area contributed by atoms with E-state index in [2.05, 4.69) is 39.9 Å². The zero-order valence-electron chi connectivity index (χ0n) is 11.9. The largest absolute Gasteiger partial charge is 0.313 e. The molecule has 1 rings (SSSR count). The molecule has 0 aromatic carbocycles. The Morgan fingerprint density at radius 2 is 1.62 bits per heavy atom. The van der Waals surface area contributed by atoms with Crippen LogP contribution in [0.25, 0.3) is 0 Å². The van der Waals surface area contributed by atoms with Crippen LogP contribution in [-0.4, -0.2) is 12.6 Å². The first kappa shape index (κ1) is 14.0. The third kappa shape index (κ3) is 4.08. The Kier molecular flexibility index (Phi) is 5.82. The Labute approximate surface area is 102 Å². The summed E-state index contributed by atoms with van der Waals surface area (Å²) < 4.78 is 0. The van der Waals surface area contributed by atoms with Crippen LogP contribution in [0, 0.1) is 23.7 Å². The van der Waals surface area contributed by atoms with Crippen LogP contribution in [-0.2, 0) is 0 Å². The van der Waals surface area contributed by atoms with Crippen LogP contribution in [0.2, 0.25) is 0 Å². The minimum Gasteiger partial charge on any atom is -0.313 e. The van der Waals surface area contributed by atoms with Crippen LogP contribution >= 0.6 is 0 Å². The van der Waals surface area contributed by atoms with Crippen molar-refractivity contribution in [2.24, 2.45) is 23.7 Å². The van der Waals surface area contributed by atoms with E-state index in [4.69, 9.17) is 0 Å². The molecule has 1 fully saturated rings. The molecule has 3 atom stereocenters. The van der Waals surface area contributed by atoms with E-state index in [1.54, 1.807) is 0 Å². The van der Waals surface area contributed by atoms with Gasteiger partial charge in [0.1, 0.15) is 0 Å². The summed E-state index contributed by atoms with van der Waals surface area (Å²) in [5.41, 5.74) is 0. The Morgan fingerprint density at radius 3 is 2.06 bits per heavy atom. The maximum Gasteiger partial charge on any atom is 0.0118 e. The van der Waals surface area contributed by atoms with Crippen molar-refractivity contribution >= 4 is 0 Å². The summed E-state index contributed by atoms with van der Waals surface area (Å²) >= 11 is 0. The highest BCUT2D eigenvalue weighted by atomic mass is 14.9. The molecular weight excluding hydrogens is 194 g/mol. The molecule has 0 aliphatic heterocycles. The summed E-state index contributed by atoms with van der Waals surface area (Å²) in [4.78, 5) is 0. The molecule has 96 valence electrons. The van der Waals surface area contributed by atoms with Gasteiger partial charge in [0, 0.05) is 6.04 Å². The monoisotopic (exact) mass is 225 g/mol. The van der Waals surface area contributed by atoms with E-state index < -0.39 is 0 Å². The summed E-state index contributed by atoms with van der Waals surface area (Å²) in [7, 11) is 0. The highest BCUT2D eigenvalue weighted by molar-refractivity contribution is 4.85. The molecule has 0 aromatic heterocycles. The number of nitrogens with one attached hydrogen (secondary N) is 1. The molecule has 1 aliphatic rings. The standard InChI is InChI=1S/C15H31N/c1-6-7-16-15(11(2)3)14-9-12(4)8-13(5)10-14/h11-16H,6-10H2,1-5H3. The van der Waals surface area contributed by atoms with Crippen molar-refractivity contribution in [3.8, 4) is 0 Å². The van der Waals surface area contributed by atoms with Crippen LogP contribution < -0.4 is 5.32 Å². The number of hydrogen-bond donors (Lipinski definition) is 1. The second-order valence-corrected chi connectivity index (χ2v) is 6.40. The zero-order valence-corrected chi connectivity index (χ0v) is 11.9. The average Bonchev–Trinajstić information content (AvgIpc) is 2.16. The second kappa shape index (κ2) is 6.64. The van der Waals surface area contributed by atoms with Gasteiger partial charge in [-0.25, -0.2) is 0 Å². The Bertz CT molecular complexity index is 178. The predicted octanol–water partition coefficient (Wildman–Crippen LogP) is 4.08. The quantitative estimate of drug-likeness (QED) is 0.743. The van der Waals surface area contributed by atoms with Gasteiger partial charge in [-0.05, 0) is 55.9 Å². The molecule has 1 aliphatic carbocycles. The molecule has 0 bridgehead atoms. The van der Waals surface area contributed by atoms with E-state index >= 15 is 0 Å². The predicted molar refractivity (Wildman–Crippen MR) is 72.6 cm³/mol. The second-order valence-electron chi connectivity index (χ2n) is 6.40. The van der Waals surface area contributed by atoms with Crippen molar-refractivity contribution in [1.29, 1.82) is 0 Å². The molecule has 0 radical (unpaired) electrons. The molecule has 1 saturated carbocycles. The third-order valence-electron chi connectivity index (χ3n) is 4.07. The van der Waals surface area contributed by atoms with Crippen LogP contribution in [0.15, 0.2) is 0 Å². The van der Waals surface area contributed by atoms with Gasteiger partial charge < -0.3 is 5.32 Å². The Hall–Kier alpha value is -0.0400. The Balaban J connectivity index is 2.55. The van der Waals surface area contributed by atoms with Crippen LogP contribution in [0.3, 0.4) is 0 Å². The Morgan fingerprint density at radius 1 is 1.06 bits per heavy atom. The number of hydrogen-bond acceptors (Lipinski definition) is 1. The molecule has 0 saturated heterocycles. The van der Waals surface area contributed by atoms with Gasteiger partial charge in [0.15, 0.2) is 0 Å². The first-order chi connectivity index (χ1) is 7.54. The normalized spacial score (nSPS) is 33.0. The van der Waals surface area contributed by atoms with Gasteiger partial charge in [-0.15, -0.1) is 0 Å². The fourth-order valence-corrected chi connectivity index (χ4v) is 3.56. The van der Waals surface area contributed by atoms with Crippen molar-refractivity contribution in [2.45, 2.75) is 66.3 Å².